The molecule has 0 atom stereocenters. The smallest absolute Gasteiger partial charge is 0.339 e. The molecule has 1 aliphatic heterocycles. The first-order chi connectivity index (χ1) is 10.3. The molecular weight excluding hydrogens is 278 g/mol. The molecule has 0 spiro atoms. The Kier molecular flexibility index (Phi) is 3.35. The van der Waals surface area contributed by atoms with Gasteiger partial charge < -0.3 is 9.30 Å². The number of nitrogens with zero attached hydrogens (tertiary/aromatic N) is 1. The molecule has 0 unspecified atom stereocenters. The van der Waals surface area contributed by atoms with Crippen LogP contribution in [-0.4, -0.2) is 17.1 Å². The van der Waals surface area contributed by atoms with E-state index < -0.39 is 0 Å². The fraction of sp³-hybridized carbons (Fsp3) is 0.444. The maximum absolute atomic E-state index is 12.8. The average molecular weight is 299 g/mol. The number of aryl methyl sites for hydroxylation is 1. The molecule has 0 aromatic heterocycles. The summed E-state index contributed by atoms with van der Waals surface area (Å²) in [4.78, 5) is 25.3. The molecule has 0 saturated heterocycles. The van der Waals surface area contributed by atoms with Crippen LogP contribution in [0.2, 0.25) is 0 Å². The zero-order chi connectivity index (χ0) is 16.1. The Balaban J connectivity index is 2.37. The van der Waals surface area contributed by atoms with E-state index in [1.54, 1.807) is 13.1 Å². The van der Waals surface area contributed by atoms with Crippen molar-refractivity contribution in [3.05, 3.63) is 45.4 Å². The number of fused-ring (bicyclic) bond motifs is 2. The maximum atomic E-state index is 12.8. The fourth-order valence-electron chi connectivity index (χ4n) is 3.45. The molecule has 3 rings (SSSR count). The van der Waals surface area contributed by atoms with Gasteiger partial charge in [-0.1, -0.05) is 13.8 Å². The molecule has 0 radical (unpaired) electrons. The molecule has 0 N–H and O–H groups in total. The van der Waals surface area contributed by atoms with Gasteiger partial charge in [-0.2, -0.15) is 0 Å². The average Bonchev–Trinajstić information content (AvgIpc) is 2.76. The fourth-order valence-corrected chi connectivity index (χ4v) is 3.45. The lowest BCUT2D eigenvalue weighted by Gasteiger charge is -2.17. The van der Waals surface area contributed by atoms with E-state index in [4.69, 9.17) is 4.74 Å². The number of benzene rings is 1. The lowest BCUT2D eigenvalue weighted by Crippen LogP contribution is -2.20. The number of carbonyl (C=O) groups is 1. The highest BCUT2D eigenvalue weighted by Gasteiger charge is 2.37. The van der Waals surface area contributed by atoms with Crippen LogP contribution in [-0.2, 0) is 24.6 Å². The number of aromatic nitrogens is 1. The van der Waals surface area contributed by atoms with Crippen LogP contribution in [0.1, 0.15) is 42.3 Å². The Morgan fingerprint density at radius 3 is 2.64 bits per heavy atom. The number of hydrogen-bond acceptors (Lipinski definition) is 3. The monoisotopic (exact) mass is 299 g/mol. The Morgan fingerprint density at radius 2 is 1.95 bits per heavy atom. The molecule has 0 aromatic carbocycles. The SMILES string of the molecule is CCOC(=O)c1c2ccn(C)cc-2c(=O)c2c1CC(C)(C)C2. The van der Waals surface area contributed by atoms with E-state index in [-0.39, 0.29) is 16.8 Å². The Labute approximate surface area is 130 Å². The van der Waals surface area contributed by atoms with E-state index in [0.29, 0.717) is 29.7 Å². The minimum atomic E-state index is -0.324. The summed E-state index contributed by atoms with van der Waals surface area (Å²) < 4.78 is 7.09. The van der Waals surface area contributed by atoms with Crippen molar-refractivity contribution < 1.29 is 9.53 Å². The first kappa shape index (κ1) is 14.8. The molecule has 0 saturated carbocycles. The van der Waals surface area contributed by atoms with Crippen LogP contribution in [0.4, 0.5) is 0 Å². The second-order valence-electron chi connectivity index (χ2n) is 6.84. The summed E-state index contributed by atoms with van der Waals surface area (Å²) in [6, 6.07) is 1.84. The first-order valence-electron chi connectivity index (χ1n) is 7.65. The highest BCUT2D eigenvalue weighted by Crippen LogP contribution is 2.40. The van der Waals surface area contributed by atoms with Crippen molar-refractivity contribution >= 4 is 5.97 Å². The molecule has 3 aliphatic rings. The number of pyridine rings is 1. The molecule has 116 valence electrons. The van der Waals surface area contributed by atoms with Gasteiger partial charge in [0.05, 0.1) is 12.2 Å². The predicted octanol–water partition coefficient (Wildman–Crippen LogP) is 2.79. The normalized spacial score (nSPS) is 15.8. The molecule has 0 fully saturated rings. The lowest BCUT2D eigenvalue weighted by atomic mass is 9.89. The second-order valence-corrected chi connectivity index (χ2v) is 6.84. The molecule has 0 amide bonds. The van der Waals surface area contributed by atoms with Gasteiger partial charge in [-0.25, -0.2) is 4.79 Å². The zero-order valence-corrected chi connectivity index (χ0v) is 13.5. The maximum Gasteiger partial charge on any atom is 0.339 e. The summed E-state index contributed by atoms with van der Waals surface area (Å²) in [5.74, 6) is -0.324. The first-order valence-corrected chi connectivity index (χ1v) is 7.65. The van der Waals surface area contributed by atoms with E-state index in [0.717, 1.165) is 17.5 Å². The number of rotatable bonds is 2. The van der Waals surface area contributed by atoms with E-state index in [1.165, 1.54) is 0 Å². The zero-order valence-electron chi connectivity index (χ0n) is 13.5. The van der Waals surface area contributed by atoms with E-state index in [9.17, 15) is 9.59 Å². The highest BCUT2D eigenvalue weighted by molar-refractivity contribution is 6.00. The molecule has 22 heavy (non-hydrogen) atoms. The van der Waals surface area contributed by atoms with Gasteiger partial charge >= 0.3 is 5.97 Å². The third kappa shape index (κ3) is 2.23. The standard InChI is InChI=1S/C18H21NO3/c1-5-22-17(21)15-11-6-7-19(4)10-14(11)16(20)13-9-18(2,3)8-12(13)15/h6-7,10H,5,8-9H2,1-4H3. The number of hydrogen-bond donors (Lipinski definition) is 0. The molecule has 4 heteroatoms. The number of ether oxygens (including phenoxy) is 1. The minimum Gasteiger partial charge on any atom is -0.462 e. The molecular formula is C18H21NO3. The van der Waals surface area contributed by atoms with Gasteiger partial charge in [0.2, 0.25) is 0 Å². The summed E-state index contributed by atoms with van der Waals surface area (Å²) in [5, 5.41) is 0. The van der Waals surface area contributed by atoms with Crippen LogP contribution in [0, 0.1) is 5.41 Å². The lowest BCUT2D eigenvalue weighted by molar-refractivity contribution is 0.0526. The van der Waals surface area contributed by atoms with E-state index in [1.807, 2.05) is 23.9 Å². The quantitative estimate of drug-likeness (QED) is 0.801. The number of esters is 1. The Morgan fingerprint density at radius 1 is 1.27 bits per heavy atom. The van der Waals surface area contributed by atoms with Crippen LogP contribution < -0.4 is 5.43 Å². The van der Waals surface area contributed by atoms with Gasteiger partial charge in [-0.3, -0.25) is 4.79 Å². The summed E-state index contributed by atoms with van der Waals surface area (Å²) in [6.07, 6.45) is 5.10. The Hall–Kier alpha value is -2.10. The van der Waals surface area contributed by atoms with Crippen LogP contribution in [0.25, 0.3) is 11.1 Å². The molecule has 0 bridgehead atoms. The molecule has 4 nitrogen and oxygen atoms in total. The van der Waals surface area contributed by atoms with Crippen molar-refractivity contribution in [3.8, 4) is 11.1 Å². The third-order valence-corrected chi connectivity index (χ3v) is 4.34. The van der Waals surface area contributed by atoms with Gasteiger partial charge in [-0.15, -0.1) is 0 Å². The summed E-state index contributed by atoms with van der Waals surface area (Å²) in [6.45, 7) is 6.39. The largest absolute Gasteiger partial charge is 0.462 e. The summed E-state index contributed by atoms with van der Waals surface area (Å²) >= 11 is 0. The summed E-state index contributed by atoms with van der Waals surface area (Å²) in [5.41, 5.74) is 3.61. The van der Waals surface area contributed by atoms with Crippen molar-refractivity contribution in [3.63, 3.8) is 0 Å². The van der Waals surface area contributed by atoms with E-state index >= 15 is 0 Å². The molecule has 0 aromatic rings. The number of carbonyl (C=O) groups excluding carboxylic acids is 1. The van der Waals surface area contributed by atoms with Crippen molar-refractivity contribution in [2.24, 2.45) is 12.5 Å². The Bertz CT molecular complexity index is 786. The van der Waals surface area contributed by atoms with Crippen LogP contribution >= 0.6 is 0 Å². The van der Waals surface area contributed by atoms with E-state index in [2.05, 4.69) is 13.8 Å². The van der Waals surface area contributed by atoms with Gasteiger partial charge in [0.1, 0.15) is 0 Å². The highest BCUT2D eigenvalue weighted by atomic mass is 16.5. The molecule has 1 heterocycles. The van der Waals surface area contributed by atoms with Gasteiger partial charge in [0, 0.05) is 36.1 Å². The van der Waals surface area contributed by atoms with Crippen molar-refractivity contribution in [2.45, 2.75) is 33.6 Å². The van der Waals surface area contributed by atoms with Crippen molar-refractivity contribution in [2.75, 3.05) is 6.61 Å². The van der Waals surface area contributed by atoms with Gasteiger partial charge in [0.15, 0.2) is 5.43 Å². The van der Waals surface area contributed by atoms with Crippen LogP contribution in [0.5, 0.6) is 0 Å². The topological polar surface area (TPSA) is 48.3 Å². The van der Waals surface area contributed by atoms with Gasteiger partial charge in [-0.05, 0) is 36.8 Å². The third-order valence-electron chi connectivity index (χ3n) is 4.34. The van der Waals surface area contributed by atoms with Crippen LogP contribution in [0.3, 0.4) is 0 Å². The summed E-state index contributed by atoms with van der Waals surface area (Å²) in [7, 11) is 1.88. The minimum absolute atomic E-state index is 0.00228. The second kappa shape index (κ2) is 4.97. The molecule has 2 aliphatic carbocycles. The predicted molar refractivity (Wildman–Crippen MR) is 85.5 cm³/mol. The van der Waals surface area contributed by atoms with Crippen molar-refractivity contribution in [1.82, 2.24) is 4.57 Å². The van der Waals surface area contributed by atoms with Crippen LogP contribution in [0.15, 0.2) is 23.3 Å². The van der Waals surface area contributed by atoms with Crippen molar-refractivity contribution in [1.29, 1.82) is 0 Å². The van der Waals surface area contributed by atoms with Gasteiger partial charge in [0.25, 0.3) is 0 Å².